The minimum Gasteiger partial charge on any atom is -0.336 e. The average Bonchev–Trinajstić information content (AvgIpc) is 3.49. The molecule has 0 aliphatic heterocycles. The fourth-order valence-electron chi connectivity index (χ4n) is 4.63. The molecule has 1 nitrogen and oxygen atoms in total. The van der Waals surface area contributed by atoms with Crippen molar-refractivity contribution in [2.24, 2.45) is 0 Å². The van der Waals surface area contributed by atoms with E-state index in [1.54, 1.807) is 0 Å². The Kier molecular flexibility index (Phi) is 11.3. The van der Waals surface area contributed by atoms with Gasteiger partial charge in [-0.1, -0.05) is 128 Å². The maximum absolute atomic E-state index is 2.45. The summed E-state index contributed by atoms with van der Waals surface area (Å²) >= 11 is 0. The van der Waals surface area contributed by atoms with Crippen LogP contribution in [-0.4, -0.2) is 4.57 Å². The van der Waals surface area contributed by atoms with E-state index in [-0.39, 0.29) is 0 Å². The van der Waals surface area contributed by atoms with Crippen molar-refractivity contribution in [2.75, 3.05) is 0 Å². The maximum atomic E-state index is 2.45. The molecule has 0 spiro atoms. The van der Waals surface area contributed by atoms with Crippen LogP contribution in [0.15, 0.2) is 91.0 Å². The molecule has 0 radical (unpaired) electrons. The molecule has 0 unspecified atom stereocenters. The molecule has 0 amide bonds. The van der Waals surface area contributed by atoms with Crippen LogP contribution in [0.4, 0.5) is 0 Å². The quantitative estimate of drug-likeness (QED) is 0.240. The zero-order valence-electron chi connectivity index (χ0n) is 23.0. The topological polar surface area (TPSA) is 4.93 Å². The van der Waals surface area contributed by atoms with Crippen LogP contribution in [0.3, 0.4) is 0 Å². The van der Waals surface area contributed by atoms with Crippen LogP contribution >= 0.6 is 0 Å². The summed E-state index contributed by atoms with van der Waals surface area (Å²) in [6.07, 6.45) is 1.06. The number of rotatable bonds is 2. The number of nitrogens with zero attached hydrogens (tertiary/aromatic N) is 1. The highest BCUT2D eigenvalue weighted by Gasteiger charge is 2.18. The average molecular weight is 466 g/mol. The summed E-state index contributed by atoms with van der Waals surface area (Å²) in [5.41, 5.74) is 9.67. The highest BCUT2D eigenvalue weighted by atomic mass is 15.0. The Hall–Kier alpha value is -3.32. The third kappa shape index (κ3) is 5.68. The van der Waals surface area contributed by atoms with Gasteiger partial charge in [-0.25, -0.2) is 0 Å². The molecule has 1 heterocycles. The molecule has 6 rings (SSSR count). The Labute approximate surface area is 213 Å². The van der Waals surface area contributed by atoms with E-state index < -0.39 is 0 Å². The summed E-state index contributed by atoms with van der Waals surface area (Å²) < 4.78 is 2.45. The fourth-order valence-corrected chi connectivity index (χ4v) is 4.63. The highest BCUT2D eigenvalue weighted by Crippen LogP contribution is 2.37. The van der Waals surface area contributed by atoms with Crippen molar-refractivity contribution in [3.63, 3.8) is 0 Å². The second-order valence-electron chi connectivity index (χ2n) is 7.45. The summed E-state index contributed by atoms with van der Waals surface area (Å²) in [5, 5.41) is 2.67. The van der Waals surface area contributed by atoms with E-state index in [9.17, 15) is 0 Å². The summed E-state index contributed by atoms with van der Waals surface area (Å²) in [6.45, 7) is 16.9. The van der Waals surface area contributed by atoms with Gasteiger partial charge < -0.3 is 4.57 Å². The van der Waals surface area contributed by atoms with Crippen LogP contribution in [0.5, 0.6) is 0 Å². The largest absolute Gasteiger partial charge is 0.336 e. The number of para-hydroxylation sites is 2. The molecule has 5 aromatic rings. The number of fused-ring (bicyclic) bond motifs is 6. The minimum absolute atomic E-state index is 0.892. The van der Waals surface area contributed by atoms with Crippen molar-refractivity contribution in [3.8, 4) is 11.1 Å². The third-order valence-electron chi connectivity index (χ3n) is 5.88. The Morgan fingerprint density at radius 1 is 0.514 bits per heavy atom. The van der Waals surface area contributed by atoms with Gasteiger partial charge in [0.05, 0.1) is 0 Å². The first-order valence-corrected chi connectivity index (χ1v) is 13.5. The van der Waals surface area contributed by atoms with Crippen LogP contribution in [0.25, 0.3) is 32.9 Å². The standard InChI is InChI=1S/C26H19N.4C2H6/c1-2-8-21-19(7-1)16-20-14-13-18(15-24(20)21)17-27-25-11-5-3-9-22(25)23-10-4-6-12-26(23)27;4*1-2/h1-15H,16-17H2;4*1-2H3. The Morgan fingerprint density at radius 3 is 1.60 bits per heavy atom. The number of hydrogen-bond donors (Lipinski definition) is 0. The molecule has 1 heteroatoms. The van der Waals surface area contributed by atoms with Gasteiger partial charge in [-0.2, -0.15) is 0 Å². The SMILES string of the molecule is CC.CC.CC.CC.c1ccc2c(c1)Cc1ccc(Cn3c4ccccc4c4ccccc43)cc1-2. The van der Waals surface area contributed by atoms with Crippen molar-refractivity contribution >= 4 is 21.8 Å². The van der Waals surface area contributed by atoms with E-state index >= 15 is 0 Å². The molecule has 4 aromatic carbocycles. The Balaban J connectivity index is 0.000000495. The lowest BCUT2D eigenvalue weighted by atomic mass is 10.0. The maximum Gasteiger partial charge on any atom is 0.0494 e. The lowest BCUT2D eigenvalue weighted by Gasteiger charge is -2.10. The van der Waals surface area contributed by atoms with E-state index in [1.165, 1.54) is 49.6 Å². The van der Waals surface area contributed by atoms with Crippen molar-refractivity contribution < 1.29 is 0 Å². The molecule has 1 aliphatic rings. The second kappa shape index (κ2) is 14.2. The normalized spacial score (nSPS) is 10.3. The highest BCUT2D eigenvalue weighted by molar-refractivity contribution is 6.08. The summed E-state index contributed by atoms with van der Waals surface area (Å²) in [7, 11) is 0. The molecule has 0 saturated heterocycles. The van der Waals surface area contributed by atoms with Gasteiger partial charge >= 0.3 is 0 Å². The van der Waals surface area contributed by atoms with Crippen LogP contribution in [0, 0.1) is 0 Å². The lowest BCUT2D eigenvalue weighted by Crippen LogP contribution is -1.99. The monoisotopic (exact) mass is 465 g/mol. The minimum atomic E-state index is 0.892. The molecular weight excluding hydrogens is 422 g/mol. The van der Waals surface area contributed by atoms with Crippen molar-refractivity contribution in [1.82, 2.24) is 4.57 Å². The molecule has 35 heavy (non-hydrogen) atoms. The Morgan fingerprint density at radius 2 is 1.00 bits per heavy atom. The molecule has 184 valence electrons. The lowest BCUT2D eigenvalue weighted by molar-refractivity contribution is 0.869. The van der Waals surface area contributed by atoms with Crippen LogP contribution in [-0.2, 0) is 13.0 Å². The van der Waals surface area contributed by atoms with E-state index in [0.29, 0.717) is 0 Å². The van der Waals surface area contributed by atoms with Crippen LogP contribution in [0.2, 0.25) is 0 Å². The zero-order chi connectivity index (χ0) is 25.8. The number of benzene rings is 4. The van der Waals surface area contributed by atoms with Crippen molar-refractivity contribution in [1.29, 1.82) is 0 Å². The van der Waals surface area contributed by atoms with Gasteiger partial charge in [0, 0.05) is 28.4 Å². The smallest absolute Gasteiger partial charge is 0.0494 e. The summed E-state index contributed by atoms with van der Waals surface area (Å²) in [4.78, 5) is 0. The molecule has 0 fully saturated rings. The van der Waals surface area contributed by atoms with Crippen LogP contribution < -0.4 is 0 Å². The van der Waals surface area contributed by atoms with E-state index in [4.69, 9.17) is 0 Å². The molecule has 1 aliphatic carbocycles. The van der Waals surface area contributed by atoms with E-state index in [1.807, 2.05) is 55.4 Å². The first kappa shape index (κ1) is 27.9. The molecule has 0 bridgehead atoms. The van der Waals surface area contributed by atoms with Gasteiger partial charge in [0.1, 0.15) is 0 Å². The van der Waals surface area contributed by atoms with E-state index in [0.717, 1.165) is 13.0 Å². The second-order valence-corrected chi connectivity index (χ2v) is 7.45. The van der Waals surface area contributed by atoms with Gasteiger partial charge in [-0.05, 0) is 52.4 Å². The van der Waals surface area contributed by atoms with Gasteiger partial charge in [0.2, 0.25) is 0 Å². The van der Waals surface area contributed by atoms with Crippen molar-refractivity contribution in [2.45, 2.75) is 68.4 Å². The predicted octanol–water partition coefficient (Wildman–Crippen LogP) is 10.5. The summed E-state index contributed by atoms with van der Waals surface area (Å²) in [6, 6.07) is 33.3. The van der Waals surface area contributed by atoms with Gasteiger partial charge in [0.25, 0.3) is 0 Å². The first-order valence-electron chi connectivity index (χ1n) is 13.5. The van der Waals surface area contributed by atoms with Gasteiger partial charge in [-0.3, -0.25) is 0 Å². The Bertz CT molecular complexity index is 1270. The molecule has 0 saturated carbocycles. The molecular formula is C34H43N. The van der Waals surface area contributed by atoms with Gasteiger partial charge in [0.15, 0.2) is 0 Å². The fraction of sp³-hybridized carbons (Fsp3) is 0.294. The first-order chi connectivity index (χ1) is 17.4. The van der Waals surface area contributed by atoms with E-state index in [2.05, 4.69) is 95.6 Å². The predicted molar refractivity (Wildman–Crippen MR) is 159 cm³/mol. The van der Waals surface area contributed by atoms with Gasteiger partial charge in [-0.15, -0.1) is 0 Å². The molecule has 0 N–H and O–H groups in total. The summed E-state index contributed by atoms with van der Waals surface area (Å²) in [5.74, 6) is 0. The third-order valence-corrected chi connectivity index (χ3v) is 5.88. The molecule has 1 aromatic heterocycles. The molecule has 0 atom stereocenters. The zero-order valence-corrected chi connectivity index (χ0v) is 23.0. The van der Waals surface area contributed by atoms with Crippen LogP contribution in [0.1, 0.15) is 72.1 Å². The van der Waals surface area contributed by atoms with Crippen molar-refractivity contribution in [3.05, 3.63) is 108 Å². The number of hydrogen-bond acceptors (Lipinski definition) is 0. The number of aromatic nitrogens is 1.